The van der Waals surface area contributed by atoms with Gasteiger partial charge in [-0.3, -0.25) is 4.98 Å². The molecule has 34 heavy (non-hydrogen) atoms. The first-order chi connectivity index (χ1) is 16.5. The highest BCUT2D eigenvalue weighted by Crippen LogP contribution is 2.26. The summed E-state index contributed by atoms with van der Waals surface area (Å²) in [7, 11) is 0. The van der Waals surface area contributed by atoms with Gasteiger partial charge in [0.2, 0.25) is 0 Å². The van der Waals surface area contributed by atoms with E-state index in [0.717, 1.165) is 29.8 Å². The minimum Gasteiger partial charge on any atom is -0.338 e. The van der Waals surface area contributed by atoms with E-state index in [2.05, 4.69) is 21.7 Å². The maximum absolute atomic E-state index is 13.4. The van der Waals surface area contributed by atoms with E-state index in [1.54, 1.807) is 4.90 Å². The standard InChI is InChI=1S/C26H30FN5O2/c27-22-13-21-16-32(17-24(21)28-15-22)26(34)30-23-7-5-19(6-8-23)20-9-11-31(12-10-20)25(33)29-14-18-3-1-2-4-18/h5-9,13,15,18H,1-4,10-12,14,16-17H2,(H,29,33)(H,30,34). The molecule has 3 heterocycles. The van der Waals surface area contributed by atoms with Gasteiger partial charge in [-0.2, -0.15) is 0 Å². The number of nitrogens with zero attached hydrogens (tertiary/aromatic N) is 3. The highest BCUT2D eigenvalue weighted by molar-refractivity contribution is 5.90. The Kier molecular flexibility index (Phi) is 6.47. The molecule has 8 heteroatoms. The van der Waals surface area contributed by atoms with Gasteiger partial charge in [0.25, 0.3) is 0 Å². The maximum atomic E-state index is 13.4. The molecule has 2 aromatic rings. The molecule has 0 unspecified atom stereocenters. The molecule has 4 amide bonds. The SMILES string of the molecule is O=C(NCC1CCCC1)N1CC=C(c2ccc(NC(=O)N3Cc4cc(F)cnc4C3)cc2)CC1. The average Bonchev–Trinajstić information content (AvgIpc) is 3.53. The van der Waals surface area contributed by atoms with E-state index in [0.29, 0.717) is 37.8 Å². The summed E-state index contributed by atoms with van der Waals surface area (Å²) in [6, 6.07) is 8.98. The molecule has 2 N–H and O–H groups in total. The summed E-state index contributed by atoms with van der Waals surface area (Å²) >= 11 is 0. The summed E-state index contributed by atoms with van der Waals surface area (Å²) in [4.78, 5) is 32.6. The third-order valence-corrected chi connectivity index (χ3v) is 7.04. The molecule has 0 spiro atoms. The first-order valence-electron chi connectivity index (χ1n) is 12.1. The number of rotatable bonds is 4. The Balaban J connectivity index is 1.12. The van der Waals surface area contributed by atoms with Gasteiger partial charge in [0.05, 0.1) is 18.4 Å². The van der Waals surface area contributed by atoms with Crippen LogP contribution in [0.3, 0.4) is 0 Å². The summed E-state index contributed by atoms with van der Waals surface area (Å²) in [5, 5.41) is 6.00. The summed E-state index contributed by atoms with van der Waals surface area (Å²) in [5.41, 5.74) is 4.49. The Morgan fingerprint density at radius 1 is 1.06 bits per heavy atom. The van der Waals surface area contributed by atoms with E-state index in [1.807, 2.05) is 29.2 Å². The molecule has 1 aliphatic carbocycles. The van der Waals surface area contributed by atoms with Crippen LogP contribution < -0.4 is 10.6 Å². The predicted molar refractivity (Wildman–Crippen MR) is 128 cm³/mol. The molecule has 2 aliphatic heterocycles. The van der Waals surface area contributed by atoms with Crippen LogP contribution >= 0.6 is 0 Å². The minimum absolute atomic E-state index is 0.0299. The zero-order chi connectivity index (χ0) is 23.5. The number of urea groups is 2. The lowest BCUT2D eigenvalue weighted by atomic mass is 9.99. The third kappa shape index (κ3) is 5.05. The fourth-order valence-electron chi connectivity index (χ4n) is 5.02. The Morgan fingerprint density at radius 3 is 2.59 bits per heavy atom. The third-order valence-electron chi connectivity index (χ3n) is 7.04. The number of hydrogen-bond donors (Lipinski definition) is 2. The van der Waals surface area contributed by atoms with E-state index in [1.165, 1.54) is 43.5 Å². The lowest BCUT2D eigenvalue weighted by Crippen LogP contribution is -2.43. The molecule has 7 nitrogen and oxygen atoms in total. The highest BCUT2D eigenvalue weighted by atomic mass is 19.1. The monoisotopic (exact) mass is 463 g/mol. The number of hydrogen-bond acceptors (Lipinski definition) is 3. The van der Waals surface area contributed by atoms with Crippen molar-refractivity contribution in [3.8, 4) is 0 Å². The van der Waals surface area contributed by atoms with Gasteiger partial charge in [-0.1, -0.05) is 31.1 Å². The van der Waals surface area contributed by atoms with Crippen LogP contribution in [-0.4, -0.2) is 46.5 Å². The predicted octanol–water partition coefficient (Wildman–Crippen LogP) is 4.76. The molecular weight excluding hydrogens is 433 g/mol. The Labute approximate surface area is 199 Å². The van der Waals surface area contributed by atoms with Gasteiger partial charge < -0.3 is 20.4 Å². The second kappa shape index (κ2) is 9.83. The van der Waals surface area contributed by atoms with Gasteiger partial charge in [0.15, 0.2) is 0 Å². The smallest absolute Gasteiger partial charge is 0.322 e. The molecule has 1 aromatic heterocycles. The highest BCUT2D eigenvalue weighted by Gasteiger charge is 2.25. The number of anilines is 1. The lowest BCUT2D eigenvalue weighted by molar-refractivity contribution is 0.201. The first kappa shape index (κ1) is 22.4. The van der Waals surface area contributed by atoms with Crippen molar-refractivity contribution in [2.24, 2.45) is 5.92 Å². The van der Waals surface area contributed by atoms with Crippen molar-refractivity contribution < 1.29 is 14.0 Å². The van der Waals surface area contributed by atoms with Crippen molar-refractivity contribution in [3.63, 3.8) is 0 Å². The van der Waals surface area contributed by atoms with E-state index in [4.69, 9.17) is 0 Å². The van der Waals surface area contributed by atoms with Crippen LogP contribution in [0.25, 0.3) is 5.57 Å². The average molecular weight is 464 g/mol. The molecule has 1 saturated carbocycles. The van der Waals surface area contributed by atoms with Gasteiger partial charge in [-0.05, 0) is 60.1 Å². The van der Waals surface area contributed by atoms with Gasteiger partial charge in [-0.15, -0.1) is 0 Å². The van der Waals surface area contributed by atoms with Crippen LogP contribution in [0, 0.1) is 11.7 Å². The number of fused-ring (bicyclic) bond motifs is 1. The normalized spacial score (nSPS) is 18.0. The van der Waals surface area contributed by atoms with Crippen molar-refractivity contribution >= 4 is 23.3 Å². The fourth-order valence-corrected chi connectivity index (χ4v) is 5.02. The zero-order valence-electron chi connectivity index (χ0n) is 19.2. The number of carbonyl (C=O) groups excluding carboxylic acids is 2. The largest absolute Gasteiger partial charge is 0.338 e. The maximum Gasteiger partial charge on any atom is 0.322 e. The second-order valence-electron chi connectivity index (χ2n) is 9.38. The Morgan fingerprint density at radius 2 is 1.85 bits per heavy atom. The molecular formula is C26H30FN5O2. The van der Waals surface area contributed by atoms with Crippen LogP contribution in [0.4, 0.5) is 19.7 Å². The Hall–Kier alpha value is -3.42. The first-order valence-corrected chi connectivity index (χ1v) is 12.1. The van der Waals surface area contributed by atoms with Gasteiger partial charge in [0.1, 0.15) is 5.82 Å². The van der Waals surface area contributed by atoms with Gasteiger partial charge in [0, 0.05) is 31.9 Å². The molecule has 5 rings (SSSR count). The summed E-state index contributed by atoms with van der Waals surface area (Å²) in [5.74, 6) is 0.251. The molecule has 0 atom stereocenters. The second-order valence-corrected chi connectivity index (χ2v) is 9.38. The quantitative estimate of drug-likeness (QED) is 0.687. The van der Waals surface area contributed by atoms with Gasteiger partial charge in [-0.25, -0.2) is 14.0 Å². The Bertz CT molecular complexity index is 1090. The van der Waals surface area contributed by atoms with Crippen LogP contribution in [-0.2, 0) is 13.1 Å². The minimum atomic E-state index is -0.388. The molecule has 1 aromatic carbocycles. The summed E-state index contributed by atoms with van der Waals surface area (Å²) < 4.78 is 13.4. The number of carbonyl (C=O) groups is 2. The van der Waals surface area contributed by atoms with Crippen molar-refractivity contribution in [1.29, 1.82) is 0 Å². The van der Waals surface area contributed by atoms with E-state index >= 15 is 0 Å². The lowest BCUT2D eigenvalue weighted by Gasteiger charge is -2.27. The fraction of sp³-hybridized carbons (Fsp3) is 0.423. The van der Waals surface area contributed by atoms with Crippen molar-refractivity contribution in [2.75, 3.05) is 25.0 Å². The van der Waals surface area contributed by atoms with Crippen LogP contribution in [0.1, 0.15) is 48.9 Å². The molecule has 178 valence electrons. The van der Waals surface area contributed by atoms with E-state index in [-0.39, 0.29) is 17.9 Å². The molecule has 1 fully saturated rings. The van der Waals surface area contributed by atoms with E-state index in [9.17, 15) is 14.0 Å². The summed E-state index contributed by atoms with van der Waals surface area (Å²) in [6.07, 6.45) is 9.11. The number of benzene rings is 1. The topological polar surface area (TPSA) is 77.6 Å². The van der Waals surface area contributed by atoms with Crippen LogP contribution in [0.2, 0.25) is 0 Å². The molecule has 3 aliphatic rings. The van der Waals surface area contributed by atoms with Crippen molar-refractivity contribution in [2.45, 2.75) is 45.2 Å². The number of halogens is 1. The number of amides is 4. The molecule has 0 radical (unpaired) electrons. The molecule has 0 saturated heterocycles. The number of pyridine rings is 1. The number of aromatic nitrogens is 1. The van der Waals surface area contributed by atoms with Crippen LogP contribution in [0.5, 0.6) is 0 Å². The summed E-state index contributed by atoms with van der Waals surface area (Å²) in [6.45, 7) is 2.81. The number of nitrogens with one attached hydrogen (secondary N) is 2. The zero-order valence-corrected chi connectivity index (χ0v) is 19.2. The van der Waals surface area contributed by atoms with Gasteiger partial charge >= 0.3 is 12.1 Å². The van der Waals surface area contributed by atoms with E-state index < -0.39 is 0 Å². The van der Waals surface area contributed by atoms with Crippen molar-refractivity contribution in [3.05, 3.63) is 65.2 Å². The van der Waals surface area contributed by atoms with Crippen LogP contribution in [0.15, 0.2) is 42.6 Å². The molecule has 0 bridgehead atoms. The van der Waals surface area contributed by atoms with Crippen molar-refractivity contribution in [1.82, 2.24) is 20.1 Å².